The third kappa shape index (κ3) is 4.78. The molecule has 2 aromatic rings. The van der Waals surface area contributed by atoms with Crippen LogP contribution in [0.25, 0.3) is 0 Å². The summed E-state index contributed by atoms with van der Waals surface area (Å²) in [6.45, 7) is 7.78. The summed E-state index contributed by atoms with van der Waals surface area (Å²) in [5.74, 6) is 0.431. The number of benzene rings is 2. The predicted octanol–water partition coefficient (Wildman–Crippen LogP) is 3.96. The Labute approximate surface area is 179 Å². The topological polar surface area (TPSA) is 75.7 Å². The molecule has 1 amide bonds. The van der Waals surface area contributed by atoms with Crippen LogP contribution in [0, 0.1) is 6.92 Å². The third-order valence-corrected chi connectivity index (χ3v) is 6.46. The maximum absolute atomic E-state index is 13.4. The van der Waals surface area contributed by atoms with Gasteiger partial charge in [0, 0.05) is 12.0 Å². The van der Waals surface area contributed by atoms with Crippen molar-refractivity contribution in [3.8, 4) is 5.75 Å². The van der Waals surface area contributed by atoms with Gasteiger partial charge in [-0.1, -0.05) is 42.8 Å². The number of anilines is 1. The number of nitrogens with one attached hydrogen (secondary N) is 1. The van der Waals surface area contributed by atoms with Gasteiger partial charge in [0.1, 0.15) is 17.4 Å². The summed E-state index contributed by atoms with van der Waals surface area (Å²) in [5.41, 5.74) is 2.02. The van der Waals surface area contributed by atoms with E-state index in [0.29, 0.717) is 18.5 Å². The van der Waals surface area contributed by atoms with E-state index in [0.717, 1.165) is 23.1 Å². The van der Waals surface area contributed by atoms with Gasteiger partial charge in [0.15, 0.2) is 0 Å². The molecule has 0 spiro atoms. The minimum absolute atomic E-state index is 0.262. The summed E-state index contributed by atoms with van der Waals surface area (Å²) < 4.78 is 32.5. The normalized spacial score (nSPS) is 18.6. The van der Waals surface area contributed by atoms with E-state index in [1.807, 2.05) is 52.0 Å². The quantitative estimate of drug-likeness (QED) is 0.753. The van der Waals surface area contributed by atoms with Crippen molar-refractivity contribution in [3.63, 3.8) is 0 Å². The van der Waals surface area contributed by atoms with Crippen molar-refractivity contribution < 1.29 is 17.9 Å². The van der Waals surface area contributed by atoms with Crippen molar-refractivity contribution in [2.45, 2.75) is 58.2 Å². The Morgan fingerprint density at radius 1 is 1.23 bits per heavy atom. The Morgan fingerprint density at radius 3 is 2.50 bits per heavy atom. The average Bonchev–Trinajstić information content (AvgIpc) is 2.65. The van der Waals surface area contributed by atoms with Crippen LogP contribution >= 0.6 is 0 Å². The number of carbonyl (C=O) groups is 1. The fourth-order valence-corrected chi connectivity index (χ4v) is 5.22. The lowest BCUT2D eigenvalue weighted by Gasteiger charge is -2.39. The molecule has 30 heavy (non-hydrogen) atoms. The Kier molecular flexibility index (Phi) is 6.13. The molecule has 162 valence electrons. The Balaban J connectivity index is 1.94. The number of hydrogen-bond acceptors (Lipinski definition) is 4. The largest absolute Gasteiger partial charge is 0.487 e. The molecule has 7 heteroatoms. The van der Waals surface area contributed by atoms with E-state index >= 15 is 0 Å². The summed E-state index contributed by atoms with van der Waals surface area (Å²) in [7, 11) is -3.66. The maximum atomic E-state index is 13.4. The summed E-state index contributed by atoms with van der Waals surface area (Å²) >= 11 is 0. The van der Waals surface area contributed by atoms with Crippen molar-refractivity contribution >= 4 is 21.6 Å². The zero-order valence-electron chi connectivity index (χ0n) is 18.2. The lowest BCUT2D eigenvalue weighted by molar-refractivity contribution is -0.123. The highest BCUT2D eigenvalue weighted by Gasteiger charge is 2.37. The third-order valence-electron chi connectivity index (χ3n) is 5.28. The zero-order chi connectivity index (χ0) is 22.1. The molecule has 0 saturated heterocycles. The molecular formula is C23H30N2O4S. The van der Waals surface area contributed by atoms with E-state index in [1.54, 1.807) is 24.3 Å². The fraction of sp³-hybridized carbons (Fsp3) is 0.435. The molecule has 0 radical (unpaired) electrons. The summed E-state index contributed by atoms with van der Waals surface area (Å²) in [4.78, 5) is 13.4. The highest BCUT2D eigenvalue weighted by molar-refractivity contribution is 7.92. The van der Waals surface area contributed by atoms with E-state index in [9.17, 15) is 13.2 Å². The second-order valence-corrected chi connectivity index (χ2v) is 10.3. The number of para-hydroxylation sites is 1. The smallest absolute Gasteiger partial charge is 0.244 e. The zero-order valence-corrected chi connectivity index (χ0v) is 19.0. The molecule has 6 nitrogen and oxygen atoms in total. The number of carbonyl (C=O) groups excluding carboxylic acids is 1. The Bertz CT molecular complexity index is 1020. The number of amides is 1. The first-order valence-corrected chi connectivity index (χ1v) is 12.0. The predicted molar refractivity (Wildman–Crippen MR) is 119 cm³/mol. The van der Waals surface area contributed by atoms with Gasteiger partial charge < -0.3 is 10.1 Å². The number of sulfonamides is 1. The molecule has 1 N–H and O–H groups in total. The first-order chi connectivity index (χ1) is 14.0. The Hall–Kier alpha value is -2.54. The minimum atomic E-state index is -3.66. The van der Waals surface area contributed by atoms with Gasteiger partial charge >= 0.3 is 0 Å². The Morgan fingerprint density at radius 2 is 1.90 bits per heavy atom. The number of aryl methyl sites for hydroxylation is 1. The first-order valence-electron chi connectivity index (χ1n) is 10.2. The summed E-state index contributed by atoms with van der Waals surface area (Å²) in [5, 5.41) is 3.11. The van der Waals surface area contributed by atoms with Crippen LogP contribution in [0.2, 0.25) is 0 Å². The van der Waals surface area contributed by atoms with Gasteiger partial charge in [-0.05, 0) is 45.4 Å². The maximum Gasteiger partial charge on any atom is 0.244 e. The lowest BCUT2D eigenvalue weighted by Crippen LogP contribution is -2.51. The molecular weight excluding hydrogens is 400 g/mol. The fourth-order valence-electron chi connectivity index (χ4n) is 4.01. The molecule has 0 fully saturated rings. The van der Waals surface area contributed by atoms with E-state index < -0.39 is 21.7 Å². The van der Waals surface area contributed by atoms with Crippen molar-refractivity contribution in [1.29, 1.82) is 0 Å². The highest BCUT2D eigenvalue weighted by atomic mass is 32.2. The molecule has 2 aromatic carbocycles. The van der Waals surface area contributed by atoms with Crippen LogP contribution in [0.15, 0.2) is 48.5 Å². The standard InChI is InChI=1S/C23H30N2O4S/c1-6-20(25(30(5,27)28)17-10-8-7-9-11-17)22(26)24-19-15-23(3,4)29-21-13-12-16(2)14-18(19)21/h7-14,19-20H,6,15H2,1-5H3,(H,24,26)/t19-,20+/m0/s1. The van der Waals surface area contributed by atoms with Crippen LogP contribution in [0.4, 0.5) is 5.69 Å². The molecule has 0 saturated carbocycles. The summed E-state index contributed by atoms with van der Waals surface area (Å²) in [6.07, 6.45) is 2.07. The van der Waals surface area contributed by atoms with Crippen molar-refractivity contribution in [1.82, 2.24) is 5.32 Å². The number of fused-ring (bicyclic) bond motifs is 1. The van der Waals surface area contributed by atoms with Crippen LogP contribution in [0.3, 0.4) is 0 Å². The number of nitrogens with zero attached hydrogens (tertiary/aromatic N) is 1. The lowest BCUT2D eigenvalue weighted by atomic mass is 9.88. The van der Waals surface area contributed by atoms with E-state index in [4.69, 9.17) is 4.74 Å². The summed E-state index contributed by atoms with van der Waals surface area (Å²) in [6, 6.07) is 13.6. The first kappa shape index (κ1) is 22.2. The number of rotatable bonds is 6. The number of hydrogen-bond donors (Lipinski definition) is 1. The van der Waals surface area contributed by atoms with Crippen LogP contribution < -0.4 is 14.4 Å². The highest BCUT2D eigenvalue weighted by Crippen LogP contribution is 2.40. The van der Waals surface area contributed by atoms with Gasteiger partial charge in [-0.3, -0.25) is 9.10 Å². The monoisotopic (exact) mass is 430 g/mol. The van der Waals surface area contributed by atoms with E-state index in [1.165, 1.54) is 4.31 Å². The molecule has 0 bridgehead atoms. The van der Waals surface area contributed by atoms with Gasteiger partial charge in [0.2, 0.25) is 15.9 Å². The van der Waals surface area contributed by atoms with Gasteiger partial charge in [0.05, 0.1) is 18.0 Å². The molecule has 1 aliphatic rings. The second kappa shape index (κ2) is 8.30. The molecule has 1 heterocycles. The number of ether oxygens (including phenoxy) is 1. The second-order valence-electron chi connectivity index (χ2n) is 8.49. The minimum Gasteiger partial charge on any atom is -0.487 e. The van der Waals surface area contributed by atoms with E-state index in [-0.39, 0.29) is 11.9 Å². The van der Waals surface area contributed by atoms with Crippen molar-refractivity contribution in [2.24, 2.45) is 0 Å². The molecule has 0 aromatic heterocycles. The van der Waals surface area contributed by atoms with E-state index in [2.05, 4.69) is 5.32 Å². The molecule has 2 atom stereocenters. The van der Waals surface area contributed by atoms with Gasteiger partial charge in [0.25, 0.3) is 0 Å². The van der Waals surface area contributed by atoms with Crippen LogP contribution in [-0.4, -0.2) is 32.2 Å². The average molecular weight is 431 g/mol. The molecule has 3 rings (SSSR count). The molecule has 0 unspecified atom stereocenters. The molecule has 1 aliphatic heterocycles. The van der Waals surface area contributed by atoms with Gasteiger partial charge in [-0.25, -0.2) is 8.42 Å². The van der Waals surface area contributed by atoms with Gasteiger partial charge in [-0.15, -0.1) is 0 Å². The van der Waals surface area contributed by atoms with Crippen molar-refractivity contribution in [2.75, 3.05) is 10.6 Å². The SMILES string of the molecule is CC[C@H](C(=O)N[C@H]1CC(C)(C)Oc2ccc(C)cc21)N(c1ccccc1)S(C)(=O)=O. The van der Waals surface area contributed by atoms with Crippen molar-refractivity contribution in [3.05, 3.63) is 59.7 Å². The van der Waals surface area contributed by atoms with Crippen LogP contribution in [0.5, 0.6) is 5.75 Å². The van der Waals surface area contributed by atoms with Crippen LogP contribution in [-0.2, 0) is 14.8 Å². The van der Waals surface area contributed by atoms with Crippen LogP contribution in [0.1, 0.15) is 50.8 Å². The molecule has 0 aliphatic carbocycles. The van der Waals surface area contributed by atoms with Gasteiger partial charge in [-0.2, -0.15) is 0 Å².